The summed E-state index contributed by atoms with van der Waals surface area (Å²) < 4.78 is 11.8. The van der Waals surface area contributed by atoms with Crippen LogP contribution in [0.2, 0.25) is 0 Å². The first-order valence-electron chi connectivity index (χ1n) is 14.6. The second-order valence-electron chi connectivity index (χ2n) is 11.7. The summed E-state index contributed by atoms with van der Waals surface area (Å²) in [4.78, 5) is 46.1. The second kappa shape index (κ2) is 10.6. The van der Waals surface area contributed by atoms with E-state index in [9.17, 15) is 14.4 Å². The molecule has 6 rings (SSSR count). The third kappa shape index (κ3) is 4.53. The Morgan fingerprint density at radius 3 is 2.72 bits per heavy atom. The molecule has 1 saturated carbocycles. The van der Waals surface area contributed by atoms with Gasteiger partial charge in [-0.3, -0.25) is 19.3 Å². The van der Waals surface area contributed by atoms with Gasteiger partial charge in [0, 0.05) is 30.4 Å². The van der Waals surface area contributed by atoms with E-state index in [0.29, 0.717) is 18.0 Å². The molecule has 2 bridgehead atoms. The molecule has 4 fully saturated rings. The molecule has 1 spiro atoms. The van der Waals surface area contributed by atoms with Crippen molar-refractivity contribution >= 4 is 23.4 Å². The number of likely N-dealkylation sites (N-methyl/N-ethyl adjacent to an activating group) is 1. The maximum absolute atomic E-state index is 14.2. The molecule has 5 aliphatic rings. The smallest absolute Gasteiger partial charge is 0.246 e. The predicted molar refractivity (Wildman–Crippen MR) is 146 cm³/mol. The Bertz CT molecular complexity index is 1150. The molecule has 1 aromatic rings. The molecule has 4 heterocycles. The van der Waals surface area contributed by atoms with Gasteiger partial charge in [-0.15, -0.1) is 0 Å². The SMILES string of the molecule is CCN1CCC[C@@H]1CN1C(=O)[C@@H]2[C@@H](C(=O)Nc3cccc(OC)c3)[C@@H]3C=C[C@@]2(O3)[C@H]1C(=O)NC1CCCCC1. The largest absolute Gasteiger partial charge is 0.497 e. The third-order valence-electron chi connectivity index (χ3n) is 9.53. The molecule has 3 amide bonds. The van der Waals surface area contributed by atoms with Crippen LogP contribution in [-0.2, 0) is 19.1 Å². The van der Waals surface area contributed by atoms with Crippen LogP contribution in [0.5, 0.6) is 5.75 Å². The van der Waals surface area contributed by atoms with Crippen LogP contribution in [0.15, 0.2) is 36.4 Å². The van der Waals surface area contributed by atoms with Crippen LogP contribution in [0.25, 0.3) is 0 Å². The molecular formula is C30H40N4O5. The highest BCUT2D eigenvalue weighted by Gasteiger charge is 2.73. The van der Waals surface area contributed by atoms with Crippen molar-refractivity contribution in [2.75, 3.05) is 32.1 Å². The summed E-state index contributed by atoms with van der Waals surface area (Å²) in [6.45, 7) is 4.52. The van der Waals surface area contributed by atoms with Crippen LogP contribution >= 0.6 is 0 Å². The number of carbonyl (C=O) groups excluding carboxylic acids is 3. The molecule has 210 valence electrons. The molecule has 6 atom stereocenters. The molecule has 4 aliphatic heterocycles. The summed E-state index contributed by atoms with van der Waals surface area (Å²) in [6, 6.07) is 6.69. The first kappa shape index (κ1) is 26.3. The average Bonchev–Trinajstić information content (AvgIpc) is 3.70. The standard InChI is InChI=1S/C30H40N4O5/c1-3-33-16-8-12-21(33)18-34-26(28(36)31-19-9-5-4-6-10-19)30-15-14-23(39-30)24(25(30)29(34)37)27(35)32-20-11-7-13-22(17-20)38-2/h7,11,13-15,17,19,21,23-26H,3-6,8-10,12,16,18H2,1-2H3,(H,31,36)(H,32,35)/t21-,23+,24+,25+,26-,30+/m1/s1. The van der Waals surface area contributed by atoms with Crippen molar-refractivity contribution in [1.82, 2.24) is 15.1 Å². The van der Waals surface area contributed by atoms with Gasteiger partial charge in [-0.2, -0.15) is 0 Å². The number of ether oxygens (including phenoxy) is 2. The van der Waals surface area contributed by atoms with E-state index in [0.717, 1.165) is 51.6 Å². The van der Waals surface area contributed by atoms with Gasteiger partial charge in [-0.05, 0) is 50.9 Å². The maximum Gasteiger partial charge on any atom is 0.246 e. The van der Waals surface area contributed by atoms with E-state index in [-0.39, 0.29) is 29.8 Å². The minimum absolute atomic E-state index is 0.118. The number of methoxy groups -OCH3 is 1. The van der Waals surface area contributed by atoms with Gasteiger partial charge in [0.1, 0.15) is 17.4 Å². The lowest BCUT2D eigenvalue weighted by atomic mass is 9.74. The maximum atomic E-state index is 14.2. The number of hydrogen-bond acceptors (Lipinski definition) is 6. The van der Waals surface area contributed by atoms with Crippen molar-refractivity contribution in [3.05, 3.63) is 36.4 Å². The average molecular weight is 537 g/mol. The van der Waals surface area contributed by atoms with Crippen molar-refractivity contribution in [3.8, 4) is 5.75 Å². The highest BCUT2D eigenvalue weighted by atomic mass is 16.5. The van der Waals surface area contributed by atoms with Crippen molar-refractivity contribution < 1.29 is 23.9 Å². The zero-order valence-corrected chi connectivity index (χ0v) is 22.9. The quantitative estimate of drug-likeness (QED) is 0.496. The molecule has 0 unspecified atom stereocenters. The molecule has 0 aromatic heterocycles. The lowest BCUT2D eigenvalue weighted by Gasteiger charge is -2.36. The van der Waals surface area contributed by atoms with Gasteiger partial charge in [0.15, 0.2) is 0 Å². The fourth-order valence-electron chi connectivity index (χ4n) is 7.66. The van der Waals surface area contributed by atoms with E-state index in [1.54, 1.807) is 24.1 Å². The number of anilines is 1. The van der Waals surface area contributed by atoms with Crippen LogP contribution in [0.3, 0.4) is 0 Å². The molecule has 9 heteroatoms. The van der Waals surface area contributed by atoms with E-state index in [1.165, 1.54) is 6.42 Å². The Morgan fingerprint density at radius 2 is 1.95 bits per heavy atom. The number of carbonyl (C=O) groups is 3. The minimum Gasteiger partial charge on any atom is -0.497 e. The number of hydrogen-bond donors (Lipinski definition) is 2. The Balaban J connectivity index is 1.30. The van der Waals surface area contributed by atoms with E-state index in [2.05, 4.69) is 22.5 Å². The Labute approximate surface area is 230 Å². The van der Waals surface area contributed by atoms with Crippen molar-refractivity contribution in [1.29, 1.82) is 0 Å². The van der Waals surface area contributed by atoms with Crippen LogP contribution < -0.4 is 15.4 Å². The van der Waals surface area contributed by atoms with Gasteiger partial charge in [-0.1, -0.05) is 44.4 Å². The molecule has 39 heavy (non-hydrogen) atoms. The van der Waals surface area contributed by atoms with Gasteiger partial charge in [0.05, 0.1) is 25.0 Å². The molecule has 1 aliphatic carbocycles. The molecule has 9 nitrogen and oxygen atoms in total. The Morgan fingerprint density at radius 1 is 1.13 bits per heavy atom. The topological polar surface area (TPSA) is 100 Å². The summed E-state index contributed by atoms with van der Waals surface area (Å²) in [5.41, 5.74) is -0.536. The van der Waals surface area contributed by atoms with Gasteiger partial charge in [0.25, 0.3) is 0 Å². The van der Waals surface area contributed by atoms with E-state index >= 15 is 0 Å². The number of fused-ring (bicyclic) bond motifs is 1. The van der Waals surface area contributed by atoms with Gasteiger partial charge >= 0.3 is 0 Å². The Hall–Kier alpha value is -2.91. The fourth-order valence-corrected chi connectivity index (χ4v) is 7.66. The van der Waals surface area contributed by atoms with Crippen molar-refractivity contribution in [2.24, 2.45) is 11.8 Å². The first-order valence-corrected chi connectivity index (χ1v) is 14.6. The number of amides is 3. The normalized spacial score (nSPS) is 33.9. The number of benzene rings is 1. The van der Waals surface area contributed by atoms with Crippen molar-refractivity contribution in [3.63, 3.8) is 0 Å². The zero-order valence-electron chi connectivity index (χ0n) is 22.9. The monoisotopic (exact) mass is 536 g/mol. The summed E-state index contributed by atoms with van der Waals surface area (Å²) in [5.74, 6) is -1.40. The third-order valence-corrected chi connectivity index (χ3v) is 9.53. The van der Waals surface area contributed by atoms with Crippen molar-refractivity contribution in [2.45, 2.75) is 81.7 Å². The van der Waals surface area contributed by atoms with Gasteiger partial charge in [-0.25, -0.2) is 0 Å². The molecule has 1 aromatic carbocycles. The van der Waals surface area contributed by atoms with E-state index in [4.69, 9.17) is 9.47 Å². The minimum atomic E-state index is -1.13. The molecule has 3 saturated heterocycles. The van der Waals surface area contributed by atoms with Crippen LogP contribution in [0.1, 0.15) is 51.9 Å². The summed E-state index contributed by atoms with van der Waals surface area (Å²) in [5, 5.41) is 6.25. The van der Waals surface area contributed by atoms with Crippen LogP contribution in [-0.4, -0.2) is 84.1 Å². The Kier molecular flexibility index (Phi) is 7.14. The predicted octanol–water partition coefficient (Wildman–Crippen LogP) is 2.72. The number of likely N-dealkylation sites (tertiary alicyclic amines) is 2. The van der Waals surface area contributed by atoms with Gasteiger partial charge in [0.2, 0.25) is 17.7 Å². The number of nitrogens with zero attached hydrogens (tertiary/aromatic N) is 2. The number of nitrogens with one attached hydrogen (secondary N) is 2. The summed E-state index contributed by atoms with van der Waals surface area (Å²) in [6.07, 6.45) is 10.6. The summed E-state index contributed by atoms with van der Waals surface area (Å²) >= 11 is 0. The summed E-state index contributed by atoms with van der Waals surface area (Å²) in [7, 11) is 1.58. The lowest BCUT2D eigenvalue weighted by molar-refractivity contribution is -0.142. The first-order chi connectivity index (χ1) is 18.9. The van der Waals surface area contributed by atoms with E-state index < -0.39 is 29.6 Å². The van der Waals surface area contributed by atoms with Crippen LogP contribution in [0.4, 0.5) is 5.69 Å². The molecular weight excluding hydrogens is 496 g/mol. The van der Waals surface area contributed by atoms with Gasteiger partial charge < -0.3 is 25.0 Å². The molecule has 2 N–H and O–H groups in total. The van der Waals surface area contributed by atoms with E-state index in [1.807, 2.05) is 24.3 Å². The van der Waals surface area contributed by atoms with Crippen LogP contribution in [0, 0.1) is 11.8 Å². The highest BCUT2D eigenvalue weighted by Crippen LogP contribution is 2.55. The lowest BCUT2D eigenvalue weighted by Crippen LogP contribution is -2.58. The number of rotatable bonds is 8. The zero-order chi connectivity index (χ0) is 27.1. The fraction of sp³-hybridized carbons (Fsp3) is 0.633. The second-order valence-corrected chi connectivity index (χ2v) is 11.7. The highest BCUT2D eigenvalue weighted by molar-refractivity contribution is 6.02. The molecule has 0 radical (unpaired) electrons.